The van der Waals surface area contributed by atoms with Crippen molar-refractivity contribution in [1.82, 2.24) is 0 Å². The van der Waals surface area contributed by atoms with Gasteiger partial charge in [-0.15, -0.1) is 0 Å². The monoisotopic (exact) mass is 163 g/mol. The van der Waals surface area contributed by atoms with Crippen molar-refractivity contribution in [2.45, 2.75) is 12.8 Å². The maximum absolute atomic E-state index is 2.22. The molecule has 1 aliphatic rings. The fourth-order valence-electron chi connectivity index (χ4n) is 1.48. The summed E-state index contributed by atoms with van der Waals surface area (Å²) in [7, 11) is 0. The molecule has 0 radical (unpaired) electrons. The topological polar surface area (TPSA) is 0 Å². The van der Waals surface area contributed by atoms with E-state index < -0.39 is 0 Å². The van der Waals surface area contributed by atoms with Gasteiger partial charge in [0.05, 0.1) is 0 Å². The van der Waals surface area contributed by atoms with Crippen LogP contribution in [-0.4, -0.2) is 0 Å². The fourth-order valence-corrected chi connectivity index (χ4v) is 1.48. The Bertz CT molecular complexity index is 309. The summed E-state index contributed by atoms with van der Waals surface area (Å²) in [6.07, 6.45) is 8.80. The average molecular weight is 163 g/mol. The molecule has 0 atom stereocenters. The molecule has 0 heterocycles. The third-order valence-corrected chi connectivity index (χ3v) is 2.12. The van der Waals surface area contributed by atoms with Crippen LogP contribution in [0.2, 0.25) is 0 Å². The summed E-state index contributed by atoms with van der Waals surface area (Å²) in [5, 5.41) is 0. The van der Waals surface area contributed by atoms with Crippen molar-refractivity contribution in [1.29, 1.82) is 0 Å². The quantitative estimate of drug-likeness (QED) is 0.543. The van der Waals surface area contributed by atoms with Crippen molar-refractivity contribution in [3.8, 4) is 0 Å². The Morgan fingerprint density at radius 2 is 1.85 bits per heavy atom. The van der Waals surface area contributed by atoms with Crippen molar-refractivity contribution in [2.24, 2.45) is 0 Å². The van der Waals surface area contributed by atoms with Crippen molar-refractivity contribution in [3.63, 3.8) is 0 Å². The molecule has 0 unspecified atom stereocenters. The fraction of sp³-hybridized carbons (Fsp3) is 0.167. The van der Waals surface area contributed by atoms with E-state index in [1.54, 1.807) is 0 Å². The van der Waals surface area contributed by atoms with Crippen LogP contribution in [0.5, 0.6) is 0 Å². The minimum atomic E-state index is 0. The smallest absolute Gasteiger partial charge is 0.0804 e. The second-order valence-corrected chi connectivity index (χ2v) is 3.12. The van der Waals surface area contributed by atoms with Gasteiger partial charge in [-0.25, -0.2) is 0 Å². The number of hydrogen-bond acceptors (Lipinski definition) is 0. The SMILES string of the molecule is C1=CCC(Cc2ccccc2)=C1.[Li+]. The molecule has 1 aromatic carbocycles. The van der Waals surface area contributed by atoms with Gasteiger partial charge < -0.3 is 0 Å². The number of rotatable bonds is 2. The zero-order valence-electron chi connectivity index (χ0n) is 8.03. The van der Waals surface area contributed by atoms with Gasteiger partial charge in [0.15, 0.2) is 0 Å². The first kappa shape index (κ1) is 10.4. The minimum absolute atomic E-state index is 0. The molecule has 0 amide bonds. The largest absolute Gasteiger partial charge is 1.00 e. The minimum Gasteiger partial charge on any atom is -0.0804 e. The third kappa shape index (κ3) is 2.92. The molecule has 2 rings (SSSR count). The molecule has 60 valence electrons. The Balaban J connectivity index is 0.000000845. The van der Waals surface area contributed by atoms with Gasteiger partial charge in [-0.2, -0.15) is 0 Å². The first-order valence-electron chi connectivity index (χ1n) is 4.33. The zero-order valence-corrected chi connectivity index (χ0v) is 8.03. The summed E-state index contributed by atoms with van der Waals surface area (Å²) in [6, 6.07) is 10.6. The summed E-state index contributed by atoms with van der Waals surface area (Å²) >= 11 is 0. The van der Waals surface area contributed by atoms with Crippen LogP contribution in [0.25, 0.3) is 0 Å². The summed E-state index contributed by atoms with van der Waals surface area (Å²) in [5.41, 5.74) is 2.92. The predicted octanol–water partition coefficient (Wildman–Crippen LogP) is 0.119. The van der Waals surface area contributed by atoms with Crippen molar-refractivity contribution < 1.29 is 18.9 Å². The van der Waals surface area contributed by atoms with Crippen LogP contribution in [0.3, 0.4) is 0 Å². The first-order chi connectivity index (χ1) is 5.95. The van der Waals surface area contributed by atoms with Gasteiger partial charge in [-0.05, 0) is 18.4 Å². The van der Waals surface area contributed by atoms with Crippen LogP contribution in [-0.2, 0) is 6.42 Å². The Hall–Kier alpha value is -0.703. The molecule has 1 aliphatic carbocycles. The van der Waals surface area contributed by atoms with Gasteiger partial charge in [0.2, 0.25) is 0 Å². The molecular formula is C12H12Li+. The third-order valence-electron chi connectivity index (χ3n) is 2.12. The van der Waals surface area contributed by atoms with Crippen molar-refractivity contribution in [3.05, 3.63) is 59.7 Å². The van der Waals surface area contributed by atoms with E-state index in [1.807, 2.05) is 0 Å². The standard InChI is InChI=1S/C12H12.Li/c1-2-6-11(7-3-1)10-12-8-4-5-9-12;/h1-8H,9-10H2;/q;+1. The zero-order chi connectivity index (χ0) is 8.23. The summed E-state index contributed by atoms with van der Waals surface area (Å²) in [6.45, 7) is 0. The van der Waals surface area contributed by atoms with Crippen LogP contribution in [0, 0.1) is 0 Å². The molecule has 1 aromatic rings. The van der Waals surface area contributed by atoms with Crippen LogP contribution < -0.4 is 18.9 Å². The molecule has 1 heteroatoms. The second kappa shape index (κ2) is 5.12. The molecule has 0 fully saturated rings. The summed E-state index contributed by atoms with van der Waals surface area (Å²) in [4.78, 5) is 0. The van der Waals surface area contributed by atoms with Crippen molar-refractivity contribution >= 4 is 0 Å². The Labute approximate surface area is 91.5 Å². The van der Waals surface area contributed by atoms with E-state index in [0.717, 1.165) is 12.8 Å². The molecule has 0 aliphatic heterocycles. The Morgan fingerprint density at radius 1 is 1.08 bits per heavy atom. The van der Waals surface area contributed by atoms with E-state index in [4.69, 9.17) is 0 Å². The normalized spacial score (nSPS) is 13.7. The van der Waals surface area contributed by atoms with E-state index in [2.05, 4.69) is 48.6 Å². The second-order valence-electron chi connectivity index (χ2n) is 3.12. The van der Waals surface area contributed by atoms with Gasteiger partial charge >= 0.3 is 18.9 Å². The molecular weight excluding hydrogens is 151 g/mol. The number of allylic oxidation sites excluding steroid dienone is 4. The summed E-state index contributed by atoms with van der Waals surface area (Å²) in [5.74, 6) is 0. The number of benzene rings is 1. The molecule has 0 bridgehead atoms. The van der Waals surface area contributed by atoms with Crippen LogP contribution in [0.4, 0.5) is 0 Å². The molecule has 13 heavy (non-hydrogen) atoms. The molecule has 0 N–H and O–H groups in total. The van der Waals surface area contributed by atoms with Crippen LogP contribution in [0.1, 0.15) is 12.0 Å². The maximum atomic E-state index is 2.22. The van der Waals surface area contributed by atoms with Crippen LogP contribution in [0.15, 0.2) is 54.1 Å². The number of hydrogen-bond donors (Lipinski definition) is 0. The van der Waals surface area contributed by atoms with E-state index in [1.165, 1.54) is 11.1 Å². The first-order valence-corrected chi connectivity index (χ1v) is 4.33. The maximum Gasteiger partial charge on any atom is 1.00 e. The predicted molar refractivity (Wildman–Crippen MR) is 52.0 cm³/mol. The van der Waals surface area contributed by atoms with E-state index in [-0.39, 0.29) is 18.9 Å². The van der Waals surface area contributed by atoms with Gasteiger partial charge in [-0.3, -0.25) is 0 Å². The summed E-state index contributed by atoms with van der Waals surface area (Å²) < 4.78 is 0. The van der Waals surface area contributed by atoms with E-state index in [0.29, 0.717) is 0 Å². The molecule has 0 saturated carbocycles. The van der Waals surface area contributed by atoms with Crippen LogP contribution >= 0.6 is 0 Å². The van der Waals surface area contributed by atoms with Crippen molar-refractivity contribution in [2.75, 3.05) is 0 Å². The Morgan fingerprint density at radius 3 is 2.46 bits per heavy atom. The van der Waals surface area contributed by atoms with Gasteiger partial charge in [0.25, 0.3) is 0 Å². The van der Waals surface area contributed by atoms with E-state index >= 15 is 0 Å². The van der Waals surface area contributed by atoms with Gasteiger partial charge in [0.1, 0.15) is 0 Å². The Kier molecular flexibility index (Phi) is 4.09. The average Bonchev–Trinajstić information content (AvgIpc) is 2.59. The molecule has 0 saturated heterocycles. The van der Waals surface area contributed by atoms with Gasteiger partial charge in [0, 0.05) is 0 Å². The molecule has 0 aromatic heterocycles. The molecule has 0 nitrogen and oxygen atoms in total. The molecule has 0 spiro atoms. The van der Waals surface area contributed by atoms with Gasteiger partial charge in [-0.1, -0.05) is 54.1 Å². The van der Waals surface area contributed by atoms with E-state index in [9.17, 15) is 0 Å².